The minimum Gasteiger partial charge on any atom is -0.490 e. The van der Waals surface area contributed by atoms with Crippen LogP contribution in [0.25, 0.3) is 0 Å². The van der Waals surface area contributed by atoms with Crippen LogP contribution in [0.15, 0.2) is 28.9 Å². The van der Waals surface area contributed by atoms with E-state index in [1.54, 1.807) is 12.4 Å². The van der Waals surface area contributed by atoms with E-state index in [1.807, 2.05) is 0 Å². The van der Waals surface area contributed by atoms with Crippen molar-refractivity contribution in [1.82, 2.24) is 19.9 Å². The summed E-state index contributed by atoms with van der Waals surface area (Å²) in [6, 6.07) is 0. The Morgan fingerprint density at radius 1 is 1.44 bits per heavy atom. The zero-order chi connectivity index (χ0) is 11.4. The van der Waals surface area contributed by atoms with Crippen LogP contribution in [0, 0.1) is 0 Å². The van der Waals surface area contributed by atoms with Gasteiger partial charge in [-0.2, -0.15) is 0 Å². The van der Waals surface area contributed by atoms with Crippen molar-refractivity contribution in [2.24, 2.45) is 5.84 Å². The van der Waals surface area contributed by atoms with E-state index in [0.717, 1.165) is 5.16 Å². The molecule has 2 rings (SSSR count). The van der Waals surface area contributed by atoms with E-state index < -0.39 is 0 Å². The SMILES string of the molecule is COc1c(NN)ncnc1Sc1ncc[nH]1. The third-order valence-corrected chi connectivity index (χ3v) is 2.68. The summed E-state index contributed by atoms with van der Waals surface area (Å²) in [4.78, 5) is 15.1. The van der Waals surface area contributed by atoms with Crippen LogP contribution in [0.5, 0.6) is 5.75 Å². The molecule has 7 nitrogen and oxygen atoms in total. The molecule has 8 heteroatoms. The minimum absolute atomic E-state index is 0.437. The maximum atomic E-state index is 5.32. The van der Waals surface area contributed by atoms with Gasteiger partial charge >= 0.3 is 0 Å². The molecular weight excluding hydrogens is 228 g/mol. The van der Waals surface area contributed by atoms with Crippen LogP contribution in [-0.2, 0) is 0 Å². The highest BCUT2D eigenvalue weighted by atomic mass is 32.2. The monoisotopic (exact) mass is 238 g/mol. The maximum Gasteiger partial charge on any atom is 0.195 e. The quantitative estimate of drug-likeness (QED) is 0.408. The molecule has 0 aliphatic rings. The normalized spacial score (nSPS) is 10.1. The predicted molar refractivity (Wildman–Crippen MR) is 59.1 cm³/mol. The molecule has 0 saturated heterocycles. The summed E-state index contributed by atoms with van der Waals surface area (Å²) in [6.45, 7) is 0. The summed E-state index contributed by atoms with van der Waals surface area (Å²) >= 11 is 1.34. The second-order valence-corrected chi connectivity index (χ2v) is 3.68. The number of imidazole rings is 1. The summed E-state index contributed by atoms with van der Waals surface area (Å²) in [7, 11) is 1.53. The Hall–Kier alpha value is -1.80. The first kappa shape index (κ1) is 10.7. The fraction of sp³-hybridized carbons (Fsp3) is 0.125. The molecule has 0 atom stereocenters. The van der Waals surface area contributed by atoms with Gasteiger partial charge in [0.2, 0.25) is 0 Å². The average Bonchev–Trinajstić information content (AvgIpc) is 2.81. The van der Waals surface area contributed by atoms with Crippen LogP contribution < -0.4 is 16.0 Å². The molecular formula is C8H10N6OS. The Balaban J connectivity index is 2.33. The van der Waals surface area contributed by atoms with E-state index in [-0.39, 0.29) is 0 Å². The number of H-pyrrole nitrogens is 1. The molecule has 84 valence electrons. The lowest BCUT2D eigenvalue weighted by molar-refractivity contribution is 0.400. The van der Waals surface area contributed by atoms with Gasteiger partial charge in [0, 0.05) is 12.4 Å². The Morgan fingerprint density at radius 2 is 2.31 bits per heavy atom. The molecule has 0 spiro atoms. The van der Waals surface area contributed by atoms with Gasteiger partial charge in [0.05, 0.1) is 7.11 Å². The van der Waals surface area contributed by atoms with Crippen molar-refractivity contribution < 1.29 is 4.74 Å². The van der Waals surface area contributed by atoms with Crippen LogP contribution >= 0.6 is 11.8 Å². The first-order valence-electron chi connectivity index (χ1n) is 4.38. The summed E-state index contributed by atoms with van der Waals surface area (Å²) < 4.78 is 5.19. The number of hydrogen-bond acceptors (Lipinski definition) is 7. The Kier molecular flexibility index (Phi) is 3.22. The molecule has 4 N–H and O–H groups in total. The van der Waals surface area contributed by atoms with Crippen LogP contribution in [0.2, 0.25) is 0 Å². The van der Waals surface area contributed by atoms with Crippen molar-refractivity contribution in [3.8, 4) is 5.75 Å². The number of nitrogens with zero attached hydrogens (tertiary/aromatic N) is 3. The van der Waals surface area contributed by atoms with E-state index in [2.05, 4.69) is 25.4 Å². The molecule has 0 unspecified atom stereocenters. The van der Waals surface area contributed by atoms with Gasteiger partial charge < -0.3 is 15.1 Å². The van der Waals surface area contributed by atoms with Gasteiger partial charge in [-0.3, -0.25) is 0 Å². The second-order valence-electron chi connectivity index (χ2n) is 2.70. The summed E-state index contributed by atoms with van der Waals surface area (Å²) in [6.07, 6.45) is 4.80. The third-order valence-electron chi connectivity index (χ3n) is 1.78. The maximum absolute atomic E-state index is 5.32. The van der Waals surface area contributed by atoms with E-state index in [0.29, 0.717) is 16.6 Å². The number of hydrogen-bond donors (Lipinski definition) is 3. The molecule has 0 fully saturated rings. The van der Waals surface area contributed by atoms with Gasteiger partial charge in [-0.1, -0.05) is 0 Å². The fourth-order valence-corrected chi connectivity index (χ4v) is 1.91. The summed E-state index contributed by atoms with van der Waals surface area (Å²) in [5.74, 6) is 6.24. The molecule has 0 aromatic carbocycles. The van der Waals surface area contributed by atoms with Crippen molar-refractivity contribution in [1.29, 1.82) is 0 Å². The average molecular weight is 238 g/mol. The number of ether oxygens (including phenoxy) is 1. The van der Waals surface area contributed by atoms with E-state index in [1.165, 1.54) is 25.2 Å². The third kappa shape index (κ3) is 2.07. The number of methoxy groups -OCH3 is 1. The molecule has 0 bridgehead atoms. The Labute approximate surface area is 95.8 Å². The Bertz CT molecular complexity index is 460. The molecule has 0 aliphatic heterocycles. The predicted octanol–water partition coefficient (Wildman–Crippen LogP) is 0.645. The number of aromatic amines is 1. The lowest BCUT2D eigenvalue weighted by Gasteiger charge is -2.09. The number of nitrogens with one attached hydrogen (secondary N) is 2. The van der Waals surface area contributed by atoms with E-state index in [4.69, 9.17) is 10.6 Å². The first-order valence-corrected chi connectivity index (χ1v) is 5.19. The molecule has 0 radical (unpaired) electrons. The highest BCUT2D eigenvalue weighted by molar-refractivity contribution is 7.99. The van der Waals surface area contributed by atoms with Gasteiger partial charge in [-0.15, -0.1) is 0 Å². The number of nitrogens with two attached hydrogens (primary N) is 1. The van der Waals surface area contributed by atoms with Crippen molar-refractivity contribution >= 4 is 17.6 Å². The smallest absolute Gasteiger partial charge is 0.195 e. The zero-order valence-corrected chi connectivity index (χ0v) is 9.28. The molecule has 0 aliphatic carbocycles. The number of nitrogen functional groups attached to an aromatic ring is 1. The van der Waals surface area contributed by atoms with Crippen LogP contribution in [0.3, 0.4) is 0 Å². The summed E-state index contributed by atoms with van der Waals surface area (Å²) in [5.41, 5.74) is 2.45. The van der Waals surface area contributed by atoms with Gasteiger partial charge in [0.15, 0.2) is 21.7 Å². The molecule has 0 saturated carbocycles. The first-order chi connectivity index (χ1) is 7.85. The number of hydrazine groups is 1. The molecule has 2 heterocycles. The van der Waals surface area contributed by atoms with Crippen LogP contribution in [0.4, 0.5) is 5.82 Å². The van der Waals surface area contributed by atoms with Gasteiger partial charge in [0.25, 0.3) is 0 Å². The second kappa shape index (κ2) is 4.81. The number of rotatable bonds is 4. The largest absolute Gasteiger partial charge is 0.490 e. The molecule has 0 amide bonds. The standard InChI is InChI=1S/C8H10N6OS/c1-15-5-6(14-9)12-4-13-7(5)16-8-10-2-3-11-8/h2-4H,9H2,1H3,(H,10,11)(H,12,13,14). The van der Waals surface area contributed by atoms with Crippen molar-refractivity contribution in [2.45, 2.75) is 10.2 Å². The van der Waals surface area contributed by atoms with E-state index >= 15 is 0 Å². The number of anilines is 1. The zero-order valence-electron chi connectivity index (χ0n) is 8.47. The highest BCUT2D eigenvalue weighted by Gasteiger charge is 2.13. The lowest BCUT2D eigenvalue weighted by Crippen LogP contribution is -2.10. The lowest BCUT2D eigenvalue weighted by atomic mass is 10.5. The fourth-order valence-electron chi connectivity index (χ4n) is 1.12. The van der Waals surface area contributed by atoms with E-state index in [9.17, 15) is 0 Å². The van der Waals surface area contributed by atoms with Crippen molar-refractivity contribution in [2.75, 3.05) is 12.5 Å². The van der Waals surface area contributed by atoms with Crippen molar-refractivity contribution in [3.05, 3.63) is 18.7 Å². The highest BCUT2D eigenvalue weighted by Crippen LogP contribution is 2.34. The van der Waals surface area contributed by atoms with Gasteiger partial charge in [0.1, 0.15) is 6.33 Å². The van der Waals surface area contributed by atoms with Crippen LogP contribution in [-0.4, -0.2) is 27.0 Å². The molecule has 2 aromatic rings. The summed E-state index contributed by atoms with van der Waals surface area (Å²) in [5, 5.41) is 1.36. The molecule has 2 aromatic heterocycles. The minimum atomic E-state index is 0.437. The number of aromatic nitrogens is 4. The Morgan fingerprint density at radius 3 is 2.94 bits per heavy atom. The van der Waals surface area contributed by atoms with Gasteiger partial charge in [-0.25, -0.2) is 20.8 Å². The van der Waals surface area contributed by atoms with Crippen LogP contribution in [0.1, 0.15) is 0 Å². The molecule has 16 heavy (non-hydrogen) atoms. The van der Waals surface area contributed by atoms with Gasteiger partial charge in [-0.05, 0) is 11.8 Å². The van der Waals surface area contributed by atoms with Crippen molar-refractivity contribution in [3.63, 3.8) is 0 Å². The topological polar surface area (TPSA) is 102 Å².